The Kier molecular flexibility index (Phi) is 4.87. The maximum absolute atomic E-state index is 12.1. The SMILES string of the molecule is C=C1NC(=S)NC(c2ccc(OC)cc2OC)C1C(=O)OC. The van der Waals surface area contributed by atoms with Gasteiger partial charge in [-0.25, -0.2) is 0 Å². The van der Waals surface area contributed by atoms with Gasteiger partial charge >= 0.3 is 5.97 Å². The molecule has 0 bridgehead atoms. The Labute approximate surface area is 134 Å². The first kappa shape index (κ1) is 16.1. The molecule has 0 spiro atoms. The standard InChI is InChI=1S/C15H18N2O4S/c1-8-12(14(18)21-4)13(17-15(22)16-8)10-6-5-9(19-2)7-11(10)20-3/h5-7,12-13H,1H2,2-4H3,(H2,16,17,22). The molecule has 118 valence electrons. The van der Waals surface area contributed by atoms with Crippen molar-refractivity contribution >= 4 is 23.3 Å². The zero-order valence-corrected chi connectivity index (χ0v) is 13.5. The van der Waals surface area contributed by atoms with Crippen molar-refractivity contribution in [2.45, 2.75) is 6.04 Å². The molecule has 0 saturated carbocycles. The maximum atomic E-state index is 12.1. The Bertz CT molecular complexity index is 618. The molecule has 6 nitrogen and oxygen atoms in total. The molecule has 2 atom stereocenters. The summed E-state index contributed by atoms with van der Waals surface area (Å²) in [7, 11) is 4.47. The molecule has 1 aliphatic rings. The smallest absolute Gasteiger partial charge is 0.317 e. The molecule has 1 aliphatic heterocycles. The first-order chi connectivity index (χ1) is 10.5. The molecular weight excluding hydrogens is 304 g/mol. The predicted octanol–water partition coefficient (Wildman–Crippen LogP) is 1.53. The number of ether oxygens (including phenoxy) is 3. The normalized spacial score (nSPS) is 20.7. The van der Waals surface area contributed by atoms with Crippen LogP contribution >= 0.6 is 12.2 Å². The van der Waals surface area contributed by atoms with E-state index in [1.165, 1.54) is 7.11 Å². The van der Waals surface area contributed by atoms with Gasteiger partial charge in [0.05, 0.1) is 27.4 Å². The topological polar surface area (TPSA) is 68.8 Å². The van der Waals surface area contributed by atoms with Gasteiger partial charge in [-0.3, -0.25) is 4.79 Å². The van der Waals surface area contributed by atoms with Crippen molar-refractivity contribution in [1.29, 1.82) is 0 Å². The van der Waals surface area contributed by atoms with Gasteiger partial charge in [0.25, 0.3) is 0 Å². The van der Waals surface area contributed by atoms with Crippen LogP contribution in [0.2, 0.25) is 0 Å². The molecule has 2 unspecified atom stereocenters. The van der Waals surface area contributed by atoms with Gasteiger partial charge in [0, 0.05) is 17.3 Å². The van der Waals surface area contributed by atoms with Gasteiger partial charge in [0.15, 0.2) is 5.11 Å². The number of nitrogens with one attached hydrogen (secondary N) is 2. The van der Waals surface area contributed by atoms with Crippen LogP contribution in [-0.4, -0.2) is 32.4 Å². The summed E-state index contributed by atoms with van der Waals surface area (Å²) < 4.78 is 15.5. The van der Waals surface area contributed by atoms with E-state index in [4.69, 9.17) is 26.4 Å². The fraction of sp³-hybridized carbons (Fsp3) is 0.333. The molecule has 0 radical (unpaired) electrons. The van der Waals surface area contributed by atoms with Crippen molar-refractivity contribution in [3.8, 4) is 11.5 Å². The highest BCUT2D eigenvalue weighted by Crippen LogP contribution is 2.37. The lowest BCUT2D eigenvalue weighted by Crippen LogP contribution is -2.50. The summed E-state index contributed by atoms with van der Waals surface area (Å²) in [6, 6.07) is 4.93. The number of carbonyl (C=O) groups is 1. The molecule has 2 N–H and O–H groups in total. The van der Waals surface area contributed by atoms with E-state index in [2.05, 4.69) is 17.2 Å². The van der Waals surface area contributed by atoms with Crippen LogP contribution in [0.15, 0.2) is 30.5 Å². The van der Waals surface area contributed by atoms with Crippen molar-refractivity contribution < 1.29 is 19.0 Å². The molecule has 1 aromatic rings. The average Bonchev–Trinajstić information content (AvgIpc) is 2.52. The molecule has 1 fully saturated rings. The first-order valence-electron chi connectivity index (χ1n) is 6.57. The molecule has 1 heterocycles. The Morgan fingerprint density at radius 2 is 2.00 bits per heavy atom. The molecule has 0 amide bonds. The Hall–Kier alpha value is -2.28. The Morgan fingerprint density at radius 1 is 1.27 bits per heavy atom. The van der Waals surface area contributed by atoms with E-state index in [1.807, 2.05) is 6.07 Å². The molecule has 2 rings (SSSR count). The third-order valence-electron chi connectivity index (χ3n) is 3.50. The number of esters is 1. The van der Waals surface area contributed by atoms with E-state index < -0.39 is 17.9 Å². The van der Waals surface area contributed by atoms with E-state index >= 15 is 0 Å². The largest absolute Gasteiger partial charge is 0.497 e. The lowest BCUT2D eigenvalue weighted by atomic mass is 9.88. The number of methoxy groups -OCH3 is 3. The van der Waals surface area contributed by atoms with Crippen molar-refractivity contribution in [2.75, 3.05) is 21.3 Å². The molecule has 0 aromatic heterocycles. The number of hydrogen-bond donors (Lipinski definition) is 2. The van der Waals surface area contributed by atoms with Gasteiger partial charge in [-0.15, -0.1) is 0 Å². The summed E-state index contributed by atoms with van der Waals surface area (Å²) in [6.45, 7) is 3.88. The van der Waals surface area contributed by atoms with Gasteiger partial charge < -0.3 is 24.8 Å². The third-order valence-corrected chi connectivity index (χ3v) is 3.72. The van der Waals surface area contributed by atoms with Crippen molar-refractivity contribution in [2.24, 2.45) is 5.92 Å². The number of thiocarbonyl (C=S) groups is 1. The number of carbonyl (C=O) groups excluding carboxylic acids is 1. The molecule has 1 saturated heterocycles. The summed E-state index contributed by atoms with van der Waals surface area (Å²) >= 11 is 5.16. The fourth-order valence-corrected chi connectivity index (χ4v) is 2.68. The van der Waals surface area contributed by atoms with Crippen molar-refractivity contribution in [3.05, 3.63) is 36.0 Å². The zero-order valence-electron chi connectivity index (χ0n) is 12.6. The average molecular weight is 322 g/mol. The quantitative estimate of drug-likeness (QED) is 0.643. The lowest BCUT2D eigenvalue weighted by Gasteiger charge is -2.35. The second-order valence-electron chi connectivity index (χ2n) is 4.71. The maximum Gasteiger partial charge on any atom is 0.317 e. The highest BCUT2D eigenvalue weighted by molar-refractivity contribution is 7.80. The Balaban J connectivity index is 2.48. The predicted molar refractivity (Wildman–Crippen MR) is 85.8 cm³/mol. The highest BCUT2D eigenvalue weighted by Gasteiger charge is 2.38. The molecule has 1 aromatic carbocycles. The van der Waals surface area contributed by atoms with Gasteiger partial charge in [-0.2, -0.15) is 0 Å². The van der Waals surface area contributed by atoms with Crippen LogP contribution < -0.4 is 20.1 Å². The Morgan fingerprint density at radius 3 is 2.59 bits per heavy atom. The summed E-state index contributed by atoms with van der Waals surface area (Å²) in [6.07, 6.45) is 0. The van der Waals surface area contributed by atoms with E-state index in [9.17, 15) is 4.79 Å². The van der Waals surface area contributed by atoms with Gasteiger partial charge in [-0.1, -0.05) is 6.58 Å². The summed E-state index contributed by atoms with van der Waals surface area (Å²) in [5.41, 5.74) is 1.25. The minimum absolute atomic E-state index is 0.396. The second kappa shape index (κ2) is 6.65. The lowest BCUT2D eigenvalue weighted by molar-refractivity contribution is -0.145. The van der Waals surface area contributed by atoms with E-state index in [-0.39, 0.29) is 0 Å². The molecule has 7 heteroatoms. The number of benzene rings is 1. The van der Waals surface area contributed by atoms with Crippen LogP contribution in [0.5, 0.6) is 11.5 Å². The second-order valence-corrected chi connectivity index (χ2v) is 5.12. The van der Waals surface area contributed by atoms with Gasteiger partial charge in [-0.05, 0) is 24.4 Å². The summed E-state index contributed by atoms with van der Waals surface area (Å²) in [4.78, 5) is 12.1. The van der Waals surface area contributed by atoms with Crippen LogP contribution in [-0.2, 0) is 9.53 Å². The van der Waals surface area contributed by atoms with E-state index in [1.54, 1.807) is 26.4 Å². The zero-order chi connectivity index (χ0) is 16.3. The van der Waals surface area contributed by atoms with Crippen LogP contribution in [0.4, 0.5) is 0 Å². The van der Waals surface area contributed by atoms with E-state index in [0.29, 0.717) is 22.3 Å². The summed E-state index contributed by atoms with van der Waals surface area (Å²) in [5.74, 6) is 0.211. The first-order valence-corrected chi connectivity index (χ1v) is 6.98. The minimum Gasteiger partial charge on any atom is -0.497 e. The van der Waals surface area contributed by atoms with Crippen LogP contribution in [0, 0.1) is 5.92 Å². The molecule has 22 heavy (non-hydrogen) atoms. The number of rotatable bonds is 4. The highest BCUT2D eigenvalue weighted by atomic mass is 32.1. The van der Waals surface area contributed by atoms with Crippen molar-refractivity contribution in [3.63, 3.8) is 0 Å². The number of hydrogen-bond acceptors (Lipinski definition) is 5. The van der Waals surface area contributed by atoms with Gasteiger partial charge in [0.2, 0.25) is 0 Å². The van der Waals surface area contributed by atoms with Crippen molar-refractivity contribution in [1.82, 2.24) is 10.6 Å². The molecule has 0 aliphatic carbocycles. The van der Waals surface area contributed by atoms with Gasteiger partial charge in [0.1, 0.15) is 17.4 Å². The third kappa shape index (κ3) is 2.99. The fourth-order valence-electron chi connectivity index (χ4n) is 2.42. The van der Waals surface area contributed by atoms with Crippen LogP contribution in [0.3, 0.4) is 0 Å². The van der Waals surface area contributed by atoms with E-state index in [0.717, 1.165) is 5.56 Å². The summed E-state index contributed by atoms with van der Waals surface area (Å²) in [5, 5.41) is 6.34. The minimum atomic E-state index is -0.626. The monoisotopic (exact) mass is 322 g/mol. The van der Waals surface area contributed by atoms with Crippen LogP contribution in [0.25, 0.3) is 0 Å². The van der Waals surface area contributed by atoms with Crippen LogP contribution in [0.1, 0.15) is 11.6 Å². The molecular formula is C15H18N2O4S.